The Morgan fingerprint density at radius 1 is 0.935 bits per heavy atom. The van der Waals surface area contributed by atoms with Gasteiger partial charge in [0, 0.05) is 18.5 Å². The number of aryl methyl sites for hydroxylation is 1. The van der Waals surface area contributed by atoms with Crippen LogP contribution in [0.1, 0.15) is 61.1 Å². The lowest BCUT2D eigenvalue weighted by Crippen LogP contribution is -2.28. The molecule has 0 aliphatic carbocycles. The first kappa shape index (κ1) is 24.9. The number of hydrogen-bond donors (Lipinski definition) is 0. The van der Waals surface area contributed by atoms with Crippen molar-refractivity contribution in [1.82, 2.24) is 9.80 Å². The predicted octanol–water partition coefficient (Wildman–Crippen LogP) is 4.16. The van der Waals surface area contributed by atoms with Gasteiger partial charge in [0.05, 0.1) is 5.56 Å². The van der Waals surface area contributed by atoms with Gasteiger partial charge in [-0.05, 0) is 52.2 Å². The largest absolute Gasteiger partial charge is 0.491 e. The Balaban J connectivity index is 2.26. The van der Waals surface area contributed by atoms with Gasteiger partial charge in [0.2, 0.25) is 0 Å². The monoisotopic (exact) mass is 432 g/mol. The van der Waals surface area contributed by atoms with Gasteiger partial charge < -0.3 is 23.7 Å². The van der Waals surface area contributed by atoms with Crippen LogP contribution in [0, 0.1) is 6.92 Å². The number of esters is 1. The summed E-state index contributed by atoms with van der Waals surface area (Å²) in [5.41, 5.74) is 1.31. The highest BCUT2D eigenvalue weighted by atomic mass is 16.5. The van der Waals surface area contributed by atoms with Gasteiger partial charge in [0.1, 0.15) is 35.9 Å². The maximum atomic E-state index is 12.8. The number of ether oxygens (including phenoxy) is 2. The zero-order chi connectivity index (χ0) is 23.0. The Bertz CT molecular complexity index is 882. The van der Waals surface area contributed by atoms with E-state index in [0.717, 1.165) is 32.7 Å². The molecular formula is C24H36N2O5. The predicted molar refractivity (Wildman–Crippen MR) is 122 cm³/mol. The van der Waals surface area contributed by atoms with Crippen LogP contribution in [0.25, 0.3) is 11.0 Å². The summed E-state index contributed by atoms with van der Waals surface area (Å²) >= 11 is 0. The Labute approximate surface area is 185 Å². The van der Waals surface area contributed by atoms with Crippen molar-refractivity contribution in [2.75, 3.05) is 52.5 Å². The molecule has 0 spiro atoms. The van der Waals surface area contributed by atoms with Crippen molar-refractivity contribution in [3.63, 3.8) is 0 Å². The van der Waals surface area contributed by atoms with Crippen molar-refractivity contribution in [3.05, 3.63) is 29.0 Å². The topological polar surface area (TPSA) is 72.2 Å². The summed E-state index contributed by atoms with van der Waals surface area (Å²) in [6, 6.07) is 3.38. The fraction of sp³-hybridized carbons (Fsp3) is 0.583. The van der Waals surface area contributed by atoms with Gasteiger partial charge >= 0.3 is 5.97 Å². The van der Waals surface area contributed by atoms with E-state index in [4.69, 9.17) is 13.9 Å². The van der Waals surface area contributed by atoms with Gasteiger partial charge in [-0.2, -0.15) is 0 Å². The molecule has 7 heteroatoms. The molecular weight excluding hydrogens is 396 g/mol. The standard InChI is InChI=1S/C24H36N2O5/c1-7-25(8-2)11-13-29-21-16-20-22(15-19(21)17(5)27)31-18(6)23(20)24(28)30-14-12-26(9-3)10-4/h15-16H,7-14H2,1-6H3. The second-order valence-electron chi connectivity index (χ2n) is 7.47. The van der Waals surface area contributed by atoms with Gasteiger partial charge in [-0.1, -0.05) is 27.7 Å². The average Bonchev–Trinajstić information content (AvgIpc) is 3.08. The first-order chi connectivity index (χ1) is 14.9. The molecule has 0 amide bonds. The summed E-state index contributed by atoms with van der Waals surface area (Å²) in [5, 5.41) is 0.605. The smallest absolute Gasteiger partial charge is 0.342 e. The molecule has 7 nitrogen and oxygen atoms in total. The molecule has 0 N–H and O–H groups in total. The van der Waals surface area contributed by atoms with E-state index in [1.165, 1.54) is 6.92 Å². The summed E-state index contributed by atoms with van der Waals surface area (Å²) in [6.07, 6.45) is 0. The van der Waals surface area contributed by atoms with Crippen LogP contribution in [-0.2, 0) is 4.74 Å². The first-order valence-electron chi connectivity index (χ1n) is 11.2. The van der Waals surface area contributed by atoms with Crippen molar-refractivity contribution >= 4 is 22.7 Å². The highest BCUT2D eigenvalue weighted by molar-refractivity contribution is 6.08. The number of rotatable bonds is 13. The number of hydrogen-bond acceptors (Lipinski definition) is 7. The maximum absolute atomic E-state index is 12.8. The van der Waals surface area contributed by atoms with Crippen LogP contribution in [-0.4, -0.2) is 74.0 Å². The maximum Gasteiger partial charge on any atom is 0.342 e. The van der Waals surface area contributed by atoms with Crippen LogP contribution < -0.4 is 4.74 Å². The molecule has 0 aliphatic heterocycles. The number of fused-ring (bicyclic) bond motifs is 1. The normalized spacial score (nSPS) is 11.5. The third-order valence-corrected chi connectivity index (χ3v) is 5.64. The molecule has 172 valence electrons. The SMILES string of the molecule is CCN(CC)CCOC(=O)c1c(C)oc2cc(C(C)=O)c(OCCN(CC)CC)cc12. The van der Waals surface area contributed by atoms with Gasteiger partial charge in [0.25, 0.3) is 0 Å². The molecule has 0 radical (unpaired) electrons. The molecule has 1 heterocycles. The van der Waals surface area contributed by atoms with Gasteiger partial charge in [-0.3, -0.25) is 4.79 Å². The van der Waals surface area contributed by atoms with Crippen LogP contribution in [0.5, 0.6) is 5.75 Å². The zero-order valence-corrected chi connectivity index (χ0v) is 19.7. The fourth-order valence-electron chi connectivity index (χ4n) is 3.60. The van der Waals surface area contributed by atoms with Gasteiger partial charge in [0.15, 0.2) is 5.78 Å². The molecule has 31 heavy (non-hydrogen) atoms. The summed E-state index contributed by atoms with van der Waals surface area (Å²) < 4.78 is 17.3. The summed E-state index contributed by atoms with van der Waals surface area (Å²) in [5.74, 6) is 0.396. The summed E-state index contributed by atoms with van der Waals surface area (Å²) in [7, 11) is 0. The van der Waals surface area contributed by atoms with E-state index in [0.29, 0.717) is 53.4 Å². The quantitative estimate of drug-likeness (QED) is 0.348. The molecule has 0 aliphatic rings. The average molecular weight is 433 g/mol. The third kappa shape index (κ3) is 6.31. The van der Waals surface area contributed by atoms with Crippen molar-refractivity contribution in [3.8, 4) is 5.75 Å². The van der Waals surface area contributed by atoms with E-state index in [2.05, 4.69) is 37.5 Å². The van der Waals surface area contributed by atoms with Crippen molar-refractivity contribution in [1.29, 1.82) is 0 Å². The van der Waals surface area contributed by atoms with Crippen LogP contribution >= 0.6 is 0 Å². The lowest BCUT2D eigenvalue weighted by Gasteiger charge is -2.18. The van der Waals surface area contributed by atoms with E-state index < -0.39 is 5.97 Å². The van der Waals surface area contributed by atoms with E-state index in [-0.39, 0.29) is 5.78 Å². The second kappa shape index (κ2) is 11.9. The van der Waals surface area contributed by atoms with Crippen molar-refractivity contribution < 1.29 is 23.5 Å². The minimum atomic E-state index is -0.423. The number of likely N-dealkylation sites (N-methyl/N-ethyl adjacent to an activating group) is 2. The second-order valence-corrected chi connectivity index (χ2v) is 7.47. The number of ketones is 1. The molecule has 0 saturated heterocycles. The lowest BCUT2D eigenvalue weighted by molar-refractivity contribution is 0.0466. The van der Waals surface area contributed by atoms with E-state index in [1.807, 2.05) is 0 Å². The van der Waals surface area contributed by atoms with Crippen LogP contribution in [0.3, 0.4) is 0 Å². The molecule has 2 aromatic rings. The van der Waals surface area contributed by atoms with Crippen LogP contribution in [0.2, 0.25) is 0 Å². The lowest BCUT2D eigenvalue weighted by atomic mass is 10.1. The number of carbonyl (C=O) groups excluding carboxylic acids is 2. The Morgan fingerprint density at radius 3 is 2.06 bits per heavy atom. The van der Waals surface area contributed by atoms with Crippen molar-refractivity contribution in [2.45, 2.75) is 41.5 Å². The van der Waals surface area contributed by atoms with Gasteiger partial charge in [-0.25, -0.2) is 4.79 Å². The van der Waals surface area contributed by atoms with E-state index in [9.17, 15) is 9.59 Å². The van der Waals surface area contributed by atoms with E-state index in [1.54, 1.807) is 19.1 Å². The molecule has 1 aromatic carbocycles. The number of furan rings is 1. The molecule has 0 atom stereocenters. The minimum absolute atomic E-state index is 0.114. The molecule has 0 saturated carbocycles. The number of benzene rings is 1. The third-order valence-electron chi connectivity index (χ3n) is 5.64. The molecule has 2 rings (SSSR count). The minimum Gasteiger partial charge on any atom is -0.491 e. The zero-order valence-electron chi connectivity index (χ0n) is 19.7. The fourth-order valence-corrected chi connectivity index (χ4v) is 3.60. The highest BCUT2D eigenvalue weighted by Crippen LogP contribution is 2.33. The Kier molecular flexibility index (Phi) is 9.52. The summed E-state index contributed by atoms with van der Waals surface area (Å²) in [4.78, 5) is 29.4. The highest BCUT2D eigenvalue weighted by Gasteiger charge is 2.23. The molecule has 1 aromatic heterocycles. The van der Waals surface area contributed by atoms with Crippen LogP contribution in [0.15, 0.2) is 16.5 Å². The van der Waals surface area contributed by atoms with Crippen LogP contribution in [0.4, 0.5) is 0 Å². The van der Waals surface area contributed by atoms with Gasteiger partial charge in [-0.15, -0.1) is 0 Å². The summed E-state index contributed by atoms with van der Waals surface area (Å²) in [6.45, 7) is 17.5. The van der Waals surface area contributed by atoms with Crippen molar-refractivity contribution in [2.24, 2.45) is 0 Å². The Morgan fingerprint density at radius 2 is 1.52 bits per heavy atom. The number of nitrogens with zero attached hydrogens (tertiary/aromatic N) is 2. The molecule has 0 fully saturated rings. The van der Waals surface area contributed by atoms with E-state index >= 15 is 0 Å². The number of Topliss-reactive ketones (excluding diaryl/α,β-unsaturated/α-hetero) is 1. The first-order valence-corrected chi connectivity index (χ1v) is 11.2. The Hall–Kier alpha value is -2.38. The molecule has 0 unspecified atom stereocenters. The number of carbonyl (C=O) groups is 2. The molecule has 0 bridgehead atoms.